The number of nitrogens with zero attached hydrogens (tertiary/aromatic N) is 2. The lowest BCUT2D eigenvalue weighted by Crippen LogP contribution is -2.54. The van der Waals surface area contributed by atoms with E-state index in [1.165, 1.54) is 12.0 Å². The van der Waals surface area contributed by atoms with Crippen LogP contribution in [0.15, 0.2) is 78.9 Å². The number of nitrogens with one attached hydrogen (secondary N) is 1. The molecule has 0 aliphatic rings. The molecule has 10 heteroatoms. The SMILES string of the molecule is CC[C@@H](C)NC(=O)[C@@H](Cc1ccccc1)N(Cc1ccc(Cl)cc1)C(=O)CN(c1ccc(OC)cc1)S(C)(=O)=O. The van der Waals surface area contributed by atoms with Crippen molar-refractivity contribution in [2.75, 3.05) is 24.2 Å². The van der Waals surface area contributed by atoms with Gasteiger partial charge in [-0.15, -0.1) is 0 Å². The highest BCUT2D eigenvalue weighted by Gasteiger charge is 2.33. The number of halogens is 1. The summed E-state index contributed by atoms with van der Waals surface area (Å²) in [5.41, 5.74) is 1.94. The van der Waals surface area contributed by atoms with Crippen molar-refractivity contribution in [1.29, 1.82) is 0 Å². The first-order valence-electron chi connectivity index (χ1n) is 13.0. The van der Waals surface area contributed by atoms with Gasteiger partial charge in [0.2, 0.25) is 21.8 Å². The van der Waals surface area contributed by atoms with Crippen LogP contribution < -0.4 is 14.4 Å². The number of hydrogen-bond donors (Lipinski definition) is 1. The molecular weight excluding hydrogens is 550 g/mol. The van der Waals surface area contributed by atoms with Crippen molar-refractivity contribution >= 4 is 39.1 Å². The van der Waals surface area contributed by atoms with Gasteiger partial charge >= 0.3 is 0 Å². The Morgan fingerprint density at radius 1 is 0.950 bits per heavy atom. The average Bonchev–Trinajstić information content (AvgIpc) is 2.94. The van der Waals surface area contributed by atoms with Gasteiger partial charge in [0.25, 0.3) is 0 Å². The Morgan fingerprint density at radius 3 is 2.12 bits per heavy atom. The molecule has 0 bridgehead atoms. The van der Waals surface area contributed by atoms with Gasteiger partial charge < -0.3 is 15.0 Å². The number of carbonyl (C=O) groups is 2. The van der Waals surface area contributed by atoms with Crippen molar-refractivity contribution < 1.29 is 22.7 Å². The molecule has 40 heavy (non-hydrogen) atoms. The Bertz CT molecular complexity index is 1370. The topological polar surface area (TPSA) is 96.0 Å². The molecule has 8 nitrogen and oxygen atoms in total. The summed E-state index contributed by atoms with van der Waals surface area (Å²) in [4.78, 5) is 29.2. The first-order chi connectivity index (χ1) is 19.0. The molecule has 3 aromatic rings. The minimum Gasteiger partial charge on any atom is -0.497 e. The van der Waals surface area contributed by atoms with Crippen molar-refractivity contribution in [3.63, 3.8) is 0 Å². The van der Waals surface area contributed by atoms with E-state index in [-0.39, 0.29) is 24.9 Å². The number of benzene rings is 3. The number of amides is 2. The van der Waals surface area contributed by atoms with Crippen molar-refractivity contribution in [2.45, 2.75) is 45.3 Å². The highest BCUT2D eigenvalue weighted by molar-refractivity contribution is 7.92. The van der Waals surface area contributed by atoms with Gasteiger partial charge in [0.1, 0.15) is 18.3 Å². The Balaban J connectivity index is 2.04. The van der Waals surface area contributed by atoms with Gasteiger partial charge in [-0.2, -0.15) is 0 Å². The van der Waals surface area contributed by atoms with Crippen LogP contribution in [0.4, 0.5) is 5.69 Å². The monoisotopic (exact) mass is 585 g/mol. The predicted octanol–water partition coefficient (Wildman–Crippen LogP) is 4.67. The van der Waals surface area contributed by atoms with Crippen molar-refractivity contribution in [2.24, 2.45) is 0 Å². The Kier molecular flexibility index (Phi) is 11.0. The fraction of sp³-hybridized carbons (Fsp3) is 0.333. The zero-order valence-corrected chi connectivity index (χ0v) is 24.8. The molecule has 0 aliphatic carbocycles. The summed E-state index contributed by atoms with van der Waals surface area (Å²) < 4.78 is 31.9. The van der Waals surface area contributed by atoms with Crippen LogP contribution in [-0.2, 0) is 32.6 Å². The molecule has 1 N–H and O–H groups in total. The van der Waals surface area contributed by atoms with E-state index in [1.54, 1.807) is 48.5 Å². The lowest BCUT2D eigenvalue weighted by molar-refractivity contribution is -0.140. The van der Waals surface area contributed by atoms with Crippen LogP contribution in [0, 0.1) is 0 Å². The quantitative estimate of drug-likeness (QED) is 0.314. The summed E-state index contributed by atoms with van der Waals surface area (Å²) in [5, 5.41) is 3.55. The molecule has 0 radical (unpaired) electrons. The van der Waals surface area contributed by atoms with Gasteiger partial charge in [-0.05, 0) is 60.9 Å². The van der Waals surface area contributed by atoms with E-state index in [2.05, 4.69) is 5.32 Å². The summed E-state index contributed by atoms with van der Waals surface area (Å²) in [6.45, 7) is 3.47. The van der Waals surface area contributed by atoms with E-state index in [1.807, 2.05) is 44.2 Å². The standard InChI is InChI=1S/C30H36ClN3O5S/c1-5-22(2)32-30(36)28(19-23-9-7-6-8-10-23)33(20-24-11-13-25(31)14-12-24)29(35)21-34(40(4,37)38)26-15-17-27(39-3)18-16-26/h6-18,22,28H,5,19-21H2,1-4H3,(H,32,36)/t22-,28-/m1/s1. The molecule has 3 rings (SSSR count). The minimum absolute atomic E-state index is 0.0850. The Labute approximate surface area is 241 Å². The van der Waals surface area contributed by atoms with E-state index < -0.39 is 28.5 Å². The lowest BCUT2D eigenvalue weighted by Gasteiger charge is -2.34. The normalized spacial score (nSPS) is 12.7. The molecule has 0 spiro atoms. The third-order valence-electron chi connectivity index (χ3n) is 6.58. The van der Waals surface area contributed by atoms with Crippen molar-refractivity contribution in [1.82, 2.24) is 10.2 Å². The molecule has 0 saturated carbocycles. The smallest absolute Gasteiger partial charge is 0.244 e. The molecule has 0 unspecified atom stereocenters. The largest absolute Gasteiger partial charge is 0.497 e. The lowest BCUT2D eigenvalue weighted by atomic mass is 10.0. The van der Waals surface area contributed by atoms with Crippen LogP contribution in [0.5, 0.6) is 5.75 Å². The fourth-order valence-electron chi connectivity index (χ4n) is 4.14. The number of ether oxygens (including phenoxy) is 1. The zero-order valence-electron chi connectivity index (χ0n) is 23.2. The highest BCUT2D eigenvalue weighted by Crippen LogP contribution is 2.23. The second-order valence-corrected chi connectivity index (χ2v) is 12.0. The van der Waals surface area contributed by atoms with Crippen LogP contribution in [0.1, 0.15) is 31.4 Å². The van der Waals surface area contributed by atoms with Crippen LogP contribution in [-0.4, -0.2) is 57.1 Å². The van der Waals surface area contributed by atoms with E-state index in [4.69, 9.17) is 16.3 Å². The van der Waals surface area contributed by atoms with Gasteiger partial charge in [0.05, 0.1) is 19.1 Å². The maximum absolute atomic E-state index is 14.0. The molecule has 2 atom stereocenters. The number of anilines is 1. The first-order valence-corrected chi connectivity index (χ1v) is 15.2. The molecule has 0 saturated heterocycles. The van der Waals surface area contributed by atoms with Gasteiger partial charge in [-0.3, -0.25) is 13.9 Å². The molecule has 0 heterocycles. The summed E-state index contributed by atoms with van der Waals surface area (Å²) in [5.74, 6) is -0.273. The van der Waals surface area contributed by atoms with Gasteiger partial charge in [0.15, 0.2) is 0 Å². The second kappa shape index (κ2) is 14.2. The van der Waals surface area contributed by atoms with Gasteiger partial charge in [-0.1, -0.05) is 61.0 Å². The number of sulfonamides is 1. The second-order valence-electron chi connectivity index (χ2n) is 9.64. The summed E-state index contributed by atoms with van der Waals surface area (Å²) in [7, 11) is -2.33. The molecule has 0 aromatic heterocycles. The summed E-state index contributed by atoms with van der Waals surface area (Å²) in [6.07, 6.45) is 2.02. The van der Waals surface area contributed by atoms with Gasteiger partial charge in [-0.25, -0.2) is 8.42 Å². The molecular formula is C30H36ClN3O5S. The maximum atomic E-state index is 14.0. The van der Waals surface area contributed by atoms with E-state index in [9.17, 15) is 18.0 Å². The van der Waals surface area contributed by atoms with Crippen molar-refractivity contribution in [3.05, 3.63) is 95.0 Å². The van der Waals surface area contributed by atoms with E-state index in [0.29, 0.717) is 22.9 Å². The molecule has 3 aromatic carbocycles. The maximum Gasteiger partial charge on any atom is 0.244 e. The third kappa shape index (κ3) is 8.72. The summed E-state index contributed by atoms with van der Waals surface area (Å²) in [6, 6.07) is 21.8. The third-order valence-corrected chi connectivity index (χ3v) is 7.97. The van der Waals surface area contributed by atoms with Crippen LogP contribution >= 0.6 is 11.6 Å². The molecule has 0 fully saturated rings. The Hall–Kier alpha value is -3.56. The predicted molar refractivity (Wildman–Crippen MR) is 159 cm³/mol. The van der Waals surface area contributed by atoms with Crippen LogP contribution in [0.2, 0.25) is 5.02 Å². The zero-order chi connectivity index (χ0) is 29.3. The van der Waals surface area contributed by atoms with Gasteiger partial charge in [0, 0.05) is 24.0 Å². The average molecular weight is 586 g/mol. The fourth-order valence-corrected chi connectivity index (χ4v) is 5.12. The van der Waals surface area contributed by atoms with Crippen LogP contribution in [0.25, 0.3) is 0 Å². The minimum atomic E-state index is -3.85. The molecule has 2 amide bonds. The van der Waals surface area contributed by atoms with Crippen LogP contribution in [0.3, 0.4) is 0 Å². The summed E-state index contributed by atoms with van der Waals surface area (Å²) >= 11 is 6.09. The first kappa shape index (κ1) is 31.0. The molecule has 214 valence electrons. The number of hydrogen-bond acceptors (Lipinski definition) is 5. The number of carbonyl (C=O) groups excluding carboxylic acids is 2. The van der Waals surface area contributed by atoms with E-state index in [0.717, 1.165) is 21.7 Å². The highest BCUT2D eigenvalue weighted by atomic mass is 35.5. The Morgan fingerprint density at radius 2 is 1.57 bits per heavy atom. The number of methoxy groups -OCH3 is 1. The molecule has 0 aliphatic heterocycles. The van der Waals surface area contributed by atoms with E-state index >= 15 is 0 Å². The number of rotatable bonds is 13. The van der Waals surface area contributed by atoms with Crippen molar-refractivity contribution in [3.8, 4) is 5.75 Å².